The second-order valence-electron chi connectivity index (χ2n) is 5.40. The minimum Gasteiger partial charge on any atom is -0.119 e. The van der Waals surface area contributed by atoms with Gasteiger partial charge in [0.15, 0.2) is 0 Å². The summed E-state index contributed by atoms with van der Waals surface area (Å²) in [5.41, 5.74) is 1.26. The van der Waals surface area contributed by atoms with Gasteiger partial charge in [-0.2, -0.15) is 0 Å². The van der Waals surface area contributed by atoms with Crippen LogP contribution in [0, 0.1) is 11.8 Å². The highest BCUT2D eigenvalue weighted by Crippen LogP contribution is 2.46. The van der Waals surface area contributed by atoms with Crippen LogP contribution in [0.4, 0.5) is 0 Å². The molecule has 0 nitrogen and oxygen atoms in total. The Kier molecular flexibility index (Phi) is 5.49. The minimum absolute atomic E-state index is 0.819. The first-order valence-corrected chi connectivity index (χ1v) is 6.65. The first-order chi connectivity index (χ1) is 7.15. The average Bonchev–Trinajstić information content (AvgIpc) is 2.97. The molecule has 0 heterocycles. The molecule has 0 aromatic rings. The van der Waals surface area contributed by atoms with Crippen LogP contribution in [0.3, 0.4) is 0 Å². The van der Waals surface area contributed by atoms with E-state index >= 15 is 0 Å². The standard InChI is InChI=1S/C14H26B/c1-5-6-7-8-12(4)14(13-9-10-13)15-11(2)3/h12-14H,2,5-10H2,1,3-4H3. The molecule has 0 aromatic heterocycles. The van der Waals surface area contributed by atoms with Crippen LogP contribution in [0.5, 0.6) is 0 Å². The maximum Gasteiger partial charge on any atom is 0.148 e. The smallest absolute Gasteiger partial charge is 0.119 e. The van der Waals surface area contributed by atoms with Gasteiger partial charge >= 0.3 is 0 Å². The quantitative estimate of drug-likeness (QED) is 0.400. The van der Waals surface area contributed by atoms with E-state index in [0.29, 0.717) is 0 Å². The molecule has 15 heavy (non-hydrogen) atoms. The van der Waals surface area contributed by atoms with Crippen molar-refractivity contribution in [3.05, 3.63) is 12.1 Å². The monoisotopic (exact) mass is 205 g/mol. The topological polar surface area (TPSA) is 0 Å². The van der Waals surface area contributed by atoms with Crippen molar-refractivity contribution in [2.45, 2.75) is 65.1 Å². The predicted octanol–water partition coefficient (Wildman–Crippen LogP) is 4.64. The first kappa shape index (κ1) is 12.9. The zero-order chi connectivity index (χ0) is 11.3. The Balaban J connectivity index is 2.30. The van der Waals surface area contributed by atoms with Crippen molar-refractivity contribution in [1.29, 1.82) is 0 Å². The summed E-state index contributed by atoms with van der Waals surface area (Å²) < 4.78 is 0. The Morgan fingerprint density at radius 3 is 2.53 bits per heavy atom. The number of rotatable bonds is 8. The van der Waals surface area contributed by atoms with Crippen molar-refractivity contribution in [2.75, 3.05) is 0 Å². The van der Waals surface area contributed by atoms with Gasteiger partial charge in [-0.25, -0.2) is 0 Å². The molecule has 1 aliphatic carbocycles. The lowest BCUT2D eigenvalue weighted by Gasteiger charge is -2.23. The summed E-state index contributed by atoms with van der Waals surface area (Å²) in [6.45, 7) is 10.9. The lowest BCUT2D eigenvalue weighted by atomic mass is 9.53. The van der Waals surface area contributed by atoms with Gasteiger partial charge in [0.25, 0.3) is 0 Å². The molecule has 0 aromatic carbocycles. The van der Waals surface area contributed by atoms with Crippen LogP contribution in [0.1, 0.15) is 59.3 Å². The molecule has 1 saturated carbocycles. The Hall–Kier alpha value is -0.195. The summed E-state index contributed by atoms with van der Waals surface area (Å²) in [5, 5.41) is 0. The summed E-state index contributed by atoms with van der Waals surface area (Å²) >= 11 is 0. The number of hydrogen-bond acceptors (Lipinski definition) is 0. The Morgan fingerprint density at radius 1 is 1.40 bits per heavy atom. The van der Waals surface area contributed by atoms with Gasteiger partial charge in [-0.3, -0.25) is 0 Å². The Labute approximate surface area is 96.8 Å². The number of hydrogen-bond donors (Lipinski definition) is 0. The third-order valence-corrected chi connectivity index (χ3v) is 3.56. The van der Waals surface area contributed by atoms with E-state index in [1.807, 2.05) is 0 Å². The van der Waals surface area contributed by atoms with Crippen LogP contribution in [-0.2, 0) is 0 Å². The van der Waals surface area contributed by atoms with Crippen LogP contribution >= 0.6 is 0 Å². The van der Waals surface area contributed by atoms with E-state index in [2.05, 4.69) is 34.6 Å². The number of allylic oxidation sites excluding steroid dienone is 1. The number of unbranched alkanes of at least 4 members (excludes halogenated alkanes) is 2. The van der Waals surface area contributed by atoms with Crippen molar-refractivity contribution in [2.24, 2.45) is 11.8 Å². The molecule has 1 fully saturated rings. The van der Waals surface area contributed by atoms with Gasteiger partial charge in [0.05, 0.1) is 0 Å². The van der Waals surface area contributed by atoms with Gasteiger partial charge in [-0.15, -0.1) is 12.1 Å². The van der Waals surface area contributed by atoms with Crippen LogP contribution in [0.25, 0.3) is 0 Å². The van der Waals surface area contributed by atoms with Crippen LogP contribution in [-0.4, -0.2) is 7.28 Å². The van der Waals surface area contributed by atoms with Crippen molar-refractivity contribution in [1.82, 2.24) is 0 Å². The van der Waals surface area contributed by atoms with Crippen molar-refractivity contribution in [3.63, 3.8) is 0 Å². The van der Waals surface area contributed by atoms with Crippen LogP contribution in [0.2, 0.25) is 5.82 Å². The highest BCUT2D eigenvalue weighted by molar-refractivity contribution is 6.46. The molecule has 1 heteroatoms. The molecular weight excluding hydrogens is 179 g/mol. The molecule has 2 atom stereocenters. The third-order valence-electron chi connectivity index (χ3n) is 3.56. The molecule has 0 amide bonds. The van der Waals surface area contributed by atoms with Gasteiger partial charge in [0.1, 0.15) is 7.28 Å². The molecule has 1 radical (unpaired) electrons. The SMILES string of the molecule is C=C(C)[B]C(C(C)CCCCC)C1CC1. The van der Waals surface area contributed by atoms with Gasteiger partial charge in [-0.05, 0) is 11.8 Å². The maximum absolute atomic E-state index is 4.03. The lowest BCUT2D eigenvalue weighted by Crippen LogP contribution is -2.16. The van der Waals surface area contributed by atoms with Gasteiger partial charge in [-0.1, -0.05) is 65.1 Å². The summed E-state index contributed by atoms with van der Waals surface area (Å²) in [5.74, 6) is 2.67. The fraction of sp³-hybridized carbons (Fsp3) is 0.857. The average molecular weight is 205 g/mol. The second kappa shape index (κ2) is 6.40. The summed E-state index contributed by atoms with van der Waals surface area (Å²) in [6.07, 6.45) is 8.45. The first-order valence-electron chi connectivity index (χ1n) is 6.65. The highest BCUT2D eigenvalue weighted by atomic mass is 14.3. The van der Waals surface area contributed by atoms with E-state index in [9.17, 15) is 0 Å². The van der Waals surface area contributed by atoms with Gasteiger partial charge in [0, 0.05) is 0 Å². The lowest BCUT2D eigenvalue weighted by molar-refractivity contribution is 0.438. The van der Waals surface area contributed by atoms with E-state index in [0.717, 1.165) is 17.7 Å². The summed E-state index contributed by atoms with van der Waals surface area (Å²) in [7, 11) is 2.42. The molecular formula is C14H26B. The summed E-state index contributed by atoms with van der Waals surface area (Å²) in [6, 6.07) is 0. The van der Waals surface area contributed by atoms with Crippen LogP contribution < -0.4 is 0 Å². The van der Waals surface area contributed by atoms with Crippen molar-refractivity contribution < 1.29 is 0 Å². The molecule has 0 bridgehead atoms. The van der Waals surface area contributed by atoms with Gasteiger partial charge < -0.3 is 0 Å². The van der Waals surface area contributed by atoms with Crippen molar-refractivity contribution in [3.8, 4) is 0 Å². The fourth-order valence-electron chi connectivity index (χ4n) is 2.48. The Bertz CT molecular complexity index is 194. The molecule has 85 valence electrons. The molecule has 2 unspecified atom stereocenters. The Morgan fingerprint density at radius 2 is 2.07 bits per heavy atom. The van der Waals surface area contributed by atoms with E-state index in [1.165, 1.54) is 44.0 Å². The zero-order valence-corrected chi connectivity index (χ0v) is 10.8. The normalized spacial score (nSPS) is 19.7. The van der Waals surface area contributed by atoms with Gasteiger partial charge in [0.2, 0.25) is 0 Å². The maximum atomic E-state index is 4.03. The highest BCUT2D eigenvalue weighted by Gasteiger charge is 2.34. The third kappa shape index (κ3) is 4.90. The fourth-order valence-corrected chi connectivity index (χ4v) is 2.48. The molecule has 0 spiro atoms. The second-order valence-corrected chi connectivity index (χ2v) is 5.40. The van der Waals surface area contributed by atoms with E-state index in [4.69, 9.17) is 0 Å². The van der Waals surface area contributed by atoms with Crippen LogP contribution in [0.15, 0.2) is 12.1 Å². The minimum atomic E-state index is 0.819. The van der Waals surface area contributed by atoms with E-state index in [-0.39, 0.29) is 0 Å². The molecule has 0 N–H and O–H groups in total. The van der Waals surface area contributed by atoms with Crippen molar-refractivity contribution >= 4 is 7.28 Å². The molecule has 0 aliphatic heterocycles. The van der Waals surface area contributed by atoms with E-state index in [1.54, 1.807) is 0 Å². The zero-order valence-electron chi connectivity index (χ0n) is 10.8. The van der Waals surface area contributed by atoms with E-state index < -0.39 is 0 Å². The summed E-state index contributed by atoms with van der Waals surface area (Å²) in [4.78, 5) is 0. The largest absolute Gasteiger partial charge is 0.148 e. The molecule has 1 aliphatic rings. The predicted molar refractivity (Wildman–Crippen MR) is 70.3 cm³/mol. The molecule has 0 saturated heterocycles. The molecule has 1 rings (SSSR count).